The molecule has 0 aromatic carbocycles. The molecule has 0 aromatic rings. The van der Waals surface area contributed by atoms with Crippen molar-refractivity contribution in [2.75, 3.05) is 6.54 Å². The van der Waals surface area contributed by atoms with Gasteiger partial charge in [0.15, 0.2) is 0 Å². The van der Waals surface area contributed by atoms with Crippen molar-refractivity contribution in [1.29, 1.82) is 0 Å². The molecule has 1 atom stereocenters. The summed E-state index contributed by atoms with van der Waals surface area (Å²) < 4.78 is 36.3. The Labute approximate surface area is 90.4 Å². The smallest absolute Gasteiger partial charge is 0.314 e. The highest BCUT2D eigenvalue weighted by molar-refractivity contribution is 4.75. The second kappa shape index (κ2) is 7.09. The average Bonchev–Trinajstić information content (AvgIpc) is 2.14. The molecular formula is C11H22F3N. The highest BCUT2D eigenvalue weighted by atomic mass is 19.4. The molecule has 0 bridgehead atoms. The van der Waals surface area contributed by atoms with E-state index < -0.39 is 12.6 Å². The van der Waals surface area contributed by atoms with Gasteiger partial charge in [-0.1, -0.05) is 33.6 Å². The van der Waals surface area contributed by atoms with Crippen LogP contribution < -0.4 is 5.32 Å². The first-order valence-electron chi connectivity index (χ1n) is 5.74. The number of halogens is 3. The summed E-state index contributed by atoms with van der Waals surface area (Å²) in [7, 11) is 0. The van der Waals surface area contributed by atoms with E-state index in [1.165, 1.54) is 0 Å². The molecule has 0 aliphatic heterocycles. The highest BCUT2D eigenvalue weighted by Gasteiger charge is 2.29. The van der Waals surface area contributed by atoms with E-state index in [1.54, 1.807) is 0 Å². The molecule has 15 heavy (non-hydrogen) atoms. The summed E-state index contributed by atoms with van der Waals surface area (Å²) in [5.74, 6) is 0.354. The summed E-state index contributed by atoms with van der Waals surface area (Å²) in [6.07, 6.45) is -2.64. The van der Waals surface area contributed by atoms with Gasteiger partial charge in [-0.15, -0.1) is 0 Å². The van der Waals surface area contributed by atoms with Gasteiger partial charge in [-0.2, -0.15) is 13.2 Å². The number of alkyl halides is 3. The standard InChI is InChI=1S/C11H22F3N/c1-4-9(5-2)10(15-6-3)7-8-11(12,13)14/h9-10,15H,4-8H2,1-3H3. The third-order valence-corrected chi connectivity index (χ3v) is 2.82. The zero-order valence-corrected chi connectivity index (χ0v) is 9.82. The van der Waals surface area contributed by atoms with E-state index in [2.05, 4.69) is 5.32 Å². The number of hydrogen-bond donors (Lipinski definition) is 1. The van der Waals surface area contributed by atoms with Crippen molar-refractivity contribution in [3.8, 4) is 0 Å². The quantitative estimate of drug-likeness (QED) is 0.696. The fourth-order valence-corrected chi connectivity index (χ4v) is 1.94. The molecular weight excluding hydrogens is 203 g/mol. The Hall–Kier alpha value is -0.250. The lowest BCUT2D eigenvalue weighted by Crippen LogP contribution is -2.36. The summed E-state index contributed by atoms with van der Waals surface area (Å²) in [5.41, 5.74) is 0. The van der Waals surface area contributed by atoms with Crippen molar-refractivity contribution < 1.29 is 13.2 Å². The Balaban J connectivity index is 4.13. The molecule has 0 saturated heterocycles. The number of hydrogen-bond acceptors (Lipinski definition) is 1. The molecule has 0 amide bonds. The molecule has 1 unspecified atom stereocenters. The summed E-state index contributed by atoms with van der Waals surface area (Å²) >= 11 is 0. The first kappa shape index (κ1) is 14.8. The Kier molecular flexibility index (Phi) is 6.98. The average molecular weight is 225 g/mol. The molecule has 0 fully saturated rings. The predicted octanol–water partition coefficient (Wildman–Crippen LogP) is 3.74. The van der Waals surface area contributed by atoms with E-state index in [9.17, 15) is 13.2 Å². The second-order valence-corrected chi connectivity index (χ2v) is 3.89. The van der Waals surface area contributed by atoms with Crippen molar-refractivity contribution >= 4 is 0 Å². The molecule has 0 aliphatic carbocycles. The van der Waals surface area contributed by atoms with Gasteiger partial charge in [0.25, 0.3) is 0 Å². The highest BCUT2D eigenvalue weighted by Crippen LogP contribution is 2.25. The van der Waals surface area contributed by atoms with E-state index in [1.807, 2.05) is 20.8 Å². The van der Waals surface area contributed by atoms with Gasteiger partial charge in [0.05, 0.1) is 0 Å². The molecule has 92 valence electrons. The van der Waals surface area contributed by atoms with Gasteiger partial charge in [0, 0.05) is 12.5 Å². The Bertz CT molecular complexity index is 152. The third-order valence-electron chi connectivity index (χ3n) is 2.82. The second-order valence-electron chi connectivity index (χ2n) is 3.89. The topological polar surface area (TPSA) is 12.0 Å². The van der Waals surface area contributed by atoms with Crippen molar-refractivity contribution in [2.45, 2.75) is 58.7 Å². The molecule has 0 radical (unpaired) electrons. The lowest BCUT2D eigenvalue weighted by atomic mass is 9.91. The lowest BCUT2D eigenvalue weighted by Gasteiger charge is -2.26. The van der Waals surface area contributed by atoms with Crippen molar-refractivity contribution in [3.63, 3.8) is 0 Å². The monoisotopic (exact) mass is 225 g/mol. The fourth-order valence-electron chi connectivity index (χ4n) is 1.94. The summed E-state index contributed by atoms with van der Waals surface area (Å²) in [6, 6.07) is 0.00613. The fraction of sp³-hybridized carbons (Fsp3) is 1.00. The maximum atomic E-state index is 12.1. The van der Waals surface area contributed by atoms with Gasteiger partial charge in [0.2, 0.25) is 0 Å². The van der Waals surface area contributed by atoms with Crippen LogP contribution in [-0.4, -0.2) is 18.8 Å². The van der Waals surface area contributed by atoms with Gasteiger partial charge >= 0.3 is 6.18 Å². The summed E-state index contributed by atoms with van der Waals surface area (Å²) in [4.78, 5) is 0. The Morgan fingerprint density at radius 3 is 1.93 bits per heavy atom. The van der Waals surface area contributed by atoms with E-state index in [0.29, 0.717) is 5.92 Å². The van der Waals surface area contributed by atoms with Crippen LogP contribution in [0.15, 0.2) is 0 Å². The van der Waals surface area contributed by atoms with E-state index >= 15 is 0 Å². The largest absolute Gasteiger partial charge is 0.389 e. The molecule has 1 N–H and O–H groups in total. The molecule has 4 heteroatoms. The van der Waals surface area contributed by atoms with E-state index in [4.69, 9.17) is 0 Å². The van der Waals surface area contributed by atoms with Crippen molar-refractivity contribution in [2.24, 2.45) is 5.92 Å². The van der Waals surface area contributed by atoms with Crippen LogP contribution in [0.2, 0.25) is 0 Å². The minimum atomic E-state index is -4.03. The maximum absolute atomic E-state index is 12.1. The van der Waals surface area contributed by atoms with Gasteiger partial charge in [0.1, 0.15) is 0 Å². The predicted molar refractivity (Wildman–Crippen MR) is 56.8 cm³/mol. The molecule has 0 heterocycles. The number of rotatable bonds is 7. The lowest BCUT2D eigenvalue weighted by molar-refractivity contribution is -0.137. The summed E-state index contributed by atoms with van der Waals surface area (Å²) in [6.45, 7) is 6.74. The maximum Gasteiger partial charge on any atom is 0.389 e. The van der Waals surface area contributed by atoms with Crippen LogP contribution in [0.25, 0.3) is 0 Å². The van der Waals surface area contributed by atoms with Crippen LogP contribution >= 0.6 is 0 Å². The van der Waals surface area contributed by atoms with Gasteiger partial charge in [-0.05, 0) is 18.9 Å². The SMILES string of the molecule is CCNC(CCC(F)(F)F)C(CC)CC. The van der Waals surface area contributed by atoms with Crippen LogP contribution in [0.3, 0.4) is 0 Å². The zero-order chi connectivity index (χ0) is 11.9. The van der Waals surface area contributed by atoms with E-state index in [-0.39, 0.29) is 12.5 Å². The molecule has 0 aliphatic rings. The van der Waals surface area contributed by atoms with Crippen LogP contribution in [0.5, 0.6) is 0 Å². The zero-order valence-electron chi connectivity index (χ0n) is 9.82. The molecule has 1 nitrogen and oxygen atoms in total. The van der Waals surface area contributed by atoms with Crippen LogP contribution in [-0.2, 0) is 0 Å². The molecule has 0 rings (SSSR count). The first-order chi connectivity index (χ1) is 6.94. The van der Waals surface area contributed by atoms with Gasteiger partial charge < -0.3 is 5.32 Å². The molecule has 0 spiro atoms. The van der Waals surface area contributed by atoms with E-state index in [0.717, 1.165) is 19.4 Å². The Morgan fingerprint density at radius 1 is 1.07 bits per heavy atom. The van der Waals surface area contributed by atoms with Crippen LogP contribution in [0, 0.1) is 5.92 Å². The first-order valence-corrected chi connectivity index (χ1v) is 5.74. The van der Waals surface area contributed by atoms with Crippen LogP contribution in [0.1, 0.15) is 46.5 Å². The Morgan fingerprint density at radius 2 is 1.60 bits per heavy atom. The van der Waals surface area contributed by atoms with Crippen LogP contribution in [0.4, 0.5) is 13.2 Å². The number of nitrogens with one attached hydrogen (secondary N) is 1. The van der Waals surface area contributed by atoms with Crippen molar-refractivity contribution in [1.82, 2.24) is 5.32 Å². The van der Waals surface area contributed by atoms with Crippen molar-refractivity contribution in [3.05, 3.63) is 0 Å². The molecule has 0 aromatic heterocycles. The normalized spacial score (nSPS) is 14.6. The van der Waals surface area contributed by atoms with Gasteiger partial charge in [-0.25, -0.2) is 0 Å². The summed E-state index contributed by atoms with van der Waals surface area (Å²) in [5, 5.41) is 3.16. The minimum absolute atomic E-state index is 0.00613. The van der Waals surface area contributed by atoms with Gasteiger partial charge in [-0.3, -0.25) is 0 Å². The molecule has 0 saturated carbocycles. The third kappa shape index (κ3) is 6.77. The minimum Gasteiger partial charge on any atom is -0.314 e.